The van der Waals surface area contributed by atoms with E-state index in [-0.39, 0.29) is 5.91 Å². The van der Waals surface area contributed by atoms with E-state index in [1.54, 1.807) is 30.5 Å². The SMILES string of the molecule is CNC(C(=O)NCc1ccc(Cn2ccnc2)cc1)c1cnn(C)c1. The lowest BCUT2D eigenvalue weighted by Gasteiger charge is -2.14. The van der Waals surface area contributed by atoms with Crippen LogP contribution in [0.4, 0.5) is 0 Å². The molecule has 1 amide bonds. The minimum atomic E-state index is -0.408. The number of hydrogen-bond donors (Lipinski definition) is 2. The van der Waals surface area contributed by atoms with Crippen molar-refractivity contribution >= 4 is 5.91 Å². The number of nitrogens with zero attached hydrogens (tertiary/aromatic N) is 4. The first-order valence-electron chi connectivity index (χ1n) is 8.13. The van der Waals surface area contributed by atoms with Crippen molar-refractivity contribution < 1.29 is 4.79 Å². The Bertz CT molecular complexity index is 806. The topological polar surface area (TPSA) is 76.8 Å². The van der Waals surface area contributed by atoms with Crippen LogP contribution in [-0.2, 0) is 24.9 Å². The van der Waals surface area contributed by atoms with Crippen LogP contribution in [0.25, 0.3) is 0 Å². The van der Waals surface area contributed by atoms with Gasteiger partial charge in [0.2, 0.25) is 5.91 Å². The summed E-state index contributed by atoms with van der Waals surface area (Å²) in [6.07, 6.45) is 9.04. The van der Waals surface area contributed by atoms with Crippen molar-refractivity contribution in [3.63, 3.8) is 0 Å². The van der Waals surface area contributed by atoms with Crippen LogP contribution in [0, 0.1) is 0 Å². The Hall–Kier alpha value is -2.93. The van der Waals surface area contributed by atoms with E-state index in [0.29, 0.717) is 6.54 Å². The number of rotatable bonds is 7. The molecular formula is C18H22N6O. The van der Waals surface area contributed by atoms with Crippen LogP contribution in [0.5, 0.6) is 0 Å². The standard InChI is InChI=1S/C18H22N6O/c1-19-17(16-10-22-23(2)12-16)18(25)21-9-14-3-5-15(6-4-14)11-24-8-7-20-13-24/h3-8,10,12-13,17,19H,9,11H2,1-2H3,(H,21,25). The number of benzene rings is 1. The summed E-state index contributed by atoms with van der Waals surface area (Å²) in [5.74, 6) is -0.0713. The molecule has 25 heavy (non-hydrogen) atoms. The first kappa shape index (κ1) is 16.9. The van der Waals surface area contributed by atoms with E-state index < -0.39 is 6.04 Å². The number of nitrogens with one attached hydrogen (secondary N) is 2. The molecule has 0 radical (unpaired) electrons. The van der Waals surface area contributed by atoms with Gasteiger partial charge in [-0.15, -0.1) is 0 Å². The molecule has 3 rings (SSSR count). The highest BCUT2D eigenvalue weighted by Gasteiger charge is 2.19. The summed E-state index contributed by atoms with van der Waals surface area (Å²) in [6.45, 7) is 1.28. The summed E-state index contributed by atoms with van der Waals surface area (Å²) in [5.41, 5.74) is 3.10. The van der Waals surface area contributed by atoms with Crippen LogP contribution in [-0.4, -0.2) is 32.3 Å². The van der Waals surface area contributed by atoms with Gasteiger partial charge in [0.25, 0.3) is 0 Å². The maximum atomic E-state index is 12.4. The summed E-state index contributed by atoms with van der Waals surface area (Å²) in [5, 5.41) is 10.1. The molecule has 2 N–H and O–H groups in total. The Labute approximate surface area is 146 Å². The highest BCUT2D eigenvalue weighted by atomic mass is 16.2. The number of imidazole rings is 1. The lowest BCUT2D eigenvalue weighted by atomic mass is 10.1. The molecule has 1 atom stereocenters. The quantitative estimate of drug-likeness (QED) is 0.680. The van der Waals surface area contributed by atoms with Crippen LogP contribution in [0.3, 0.4) is 0 Å². The fourth-order valence-electron chi connectivity index (χ4n) is 2.68. The smallest absolute Gasteiger partial charge is 0.242 e. The number of hydrogen-bond acceptors (Lipinski definition) is 4. The second-order valence-corrected chi connectivity index (χ2v) is 5.94. The summed E-state index contributed by atoms with van der Waals surface area (Å²) in [6, 6.07) is 7.79. The van der Waals surface area contributed by atoms with Gasteiger partial charge in [-0.25, -0.2) is 4.98 Å². The van der Waals surface area contributed by atoms with E-state index in [1.165, 1.54) is 5.56 Å². The van der Waals surface area contributed by atoms with Crippen molar-refractivity contribution in [3.8, 4) is 0 Å². The van der Waals surface area contributed by atoms with Gasteiger partial charge in [0.05, 0.1) is 12.5 Å². The Kier molecular flexibility index (Phi) is 5.25. The molecule has 1 aromatic carbocycles. The zero-order valence-electron chi connectivity index (χ0n) is 14.4. The van der Waals surface area contributed by atoms with Gasteiger partial charge in [-0.1, -0.05) is 24.3 Å². The highest BCUT2D eigenvalue weighted by Crippen LogP contribution is 2.12. The molecule has 3 aromatic rings. The van der Waals surface area contributed by atoms with Gasteiger partial charge in [0.15, 0.2) is 0 Å². The van der Waals surface area contributed by atoms with Crippen LogP contribution >= 0.6 is 0 Å². The highest BCUT2D eigenvalue weighted by molar-refractivity contribution is 5.83. The van der Waals surface area contributed by atoms with E-state index in [1.807, 2.05) is 36.1 Å². The summed E-state index contributed by atoms with van der Waals surface area (Å²) in [7, 11) is 3.60. The number of amides is 1. The third-order valence-electron chi connectivity index (χ3n) is 4.02. The summed E-state index contributed by atoms with van der Waals surface area (Å²) >= 11 is 0. The van der Waals surface area contributed by atoms with Gasteiger partial charge in [-0.05, 0) is 18.2 Å². The Morgan fingerprint density at radius 1 is 1.24 bits per heavy atom. The molecule has 2 aromatic heterocycles. The van der Waals surface area contributed by atoms with Crippen LogP contribution in [0.1, 0.15) is 22.7 Å². The summed E-state index contributed by atoms with van der Waals surface area (Å²) in [4.78, 5) is 16.5. The van der Waals surface area contributed by atoms with Crippen LogP contribution in [0.15, 0.2) is 55.4 Å². The fourth-order valence-corrected chi connectivity index (χ4v) is 2.68. The average molecular weight is 338 g/mol. The third kappa shape index (κ3) is 4.33. The molecular weight excluding hydrogens is 316 g/mol. The van der Waals surface area contributed by atoms with Crippen molar-refractivity contribution in [1.29, 1.82) is 0 Å². The maximum Gasteiger partial charge on any atom is 0.242 e. The maximum absolute atomic E-state index is 12.4. The zero-order valence-corrected chi connectivity index (χ0v) is 14.4. The van der Waals surface area contributed by atoms with Gasteiger partial charge in [-0.2, -0.15) is 5.10 Å². The largest absolute Gasteiger partial charge is 0.350 e. The second-order valence-electron chi connectivity index (χ2n) is 5.94. The van der Waals surface area contributed by atoms with Gasteiger partial charge >= 0.3 is 0 Å². The van der Waals surface area contributed by atoms with Gasteiger partial charge in [0, 0.05) is 44.3 Å². The molecule has 130 valence electrons. The number of carbonyl (C=O) groups is 1. The Morgan fingerprint density at radius 2 is 2.00 bits per heavy atom. The molecule has 0 bridgehead atoms. The predicted octanol–water partition coefficient (Wildman–Crippen LogP) is 1.24. The Morgan fingerprint density at radius 3 is 2.60 bits per heavy atom. The van der Waals surface area contributed by atoms with E-state index in [4.69, 9.17) is 0 Å². The van der Waals surface area contributed by atoms with E-state index >= 15 is 0 Å². The van der Waals surface area contributed by atoms with Crippen LogP contribution < -0.4 is 10.6 Å². The predicted molar refractivity (Wildman–Crippen MR) is 94.6 cm³/mol. The molecule has 0 aliphatic carbocycles. The van der Waals surface area contributed by atoms with E-state index in [2.05, 4.69) is 32.8 Å². The molecule has 0 fully saturated rings. The second kappa shape index (κ2) is 7.76. The zero-order chi connectivity index (χ0) is 17.6. The first-order chi connectivity index (χ1) is 12.2. The van der Waals surface area contributed by atoms with Crippen molar-refractivity contribution in [1.82, 2.24) is 30.0 Å². The molecule has 0 saturated carbocycles. The van der Waals surface area contributed by atoms with Gasteiger partial charge < -0.3 is 15.2 Å². The van der Waals surface area contributed by atoms with Gasteiger partial charge in [-0.3, -0.25) is 9.48 Å². The fraction of sp³-hybridized carbons (Fsp3) is 0.278. The Balaban J connectivity index is 1.56. The number of aryl methyl sites for hydroxylation is 1. The van der Waals surface area contributed by atoms with Crippen molar-refractivity contribution in [2.45, 2.75) is 19.1 Å². The molecule has 0 aliphatic rings. The normalized spacial score (nSPS) is 12.1. The average Bonchev–Trinajstić information content (AvgIpc) is 3.27. The summed E-state index contributed by atoms with van der Waals surface area (Å²) < 4.78 is 3.70. The minimum absolute atomic E-state index is 0.0713. The molecule has 0 spiro atoms. The van der Waals surface area contributed by atoms with Crippen molar-refractivity contribution in [2.75, 3.05) is 7.05 Å². The van der Waals surface area contributed by atoms with E-state index in [0.717, 1.165) is 17.7 Å². The van der Waals surface area contributed by atoms with E-state index in [9.17, 15) is 4.79 Å². The first-order valence-corrected chi connectivity index (χ1v) is 8.13. The molecule has 1 unspecified atom stereocenters. The minimum Gasteiger partial charge on any atom is -0.350 e. The molecule has 2 heterocycles. The number of carbonyl (C=O) groups excluding carboxylic acids is 1. The lowest BCUT2D eigenvalue weighted by molar-refractivity contribution is -0.123. The molecule has 7 nitrogen and oxygen atoms in total. The molecule has 0 saturated heterocycles. The van der Waals surface area contributed by atoms with Crippen LogP contribution in [0.2, 0.25) is 0 Å². The number of aromatic nitrogens is 4. The third-order valence-corrected chi connectivity index (χ3v) is 4.02. The van der Waals surface area contributed by atoms with Crippen molar-refractivity contribution in [2.24, 2.45) is 7.05 Å². The van der Waals surface area contributed by atoms with Crippen molar-refractivity contribution in [3.05, 3.63) is 72.1 Å². The van der Waals surface area contributed by atoms with Gasteiger partial charge in [0.1, 0.15) is 6.04 Å². The molecule has 7 heteroatoms. The molecule has 0 aliphatic heterocycles. The lowest BCUT2D eigenvalue weighted by Crippen LogP contribution is -2.35. The number of likely N-dealkylation sites (N-methyl/N-ethyl adjacent to an activating group) is 1. The monoisotopic (exact) mass is 338 g/mol.